The number of carbonyl (C=O) groups excluding carboxylic acids is 4. The number of fused-ring (bicyclic) bond motifs is 1. The summed E-state index contributed by atoms with van der Waals surface area (Å²) in [4.78, 5) is 58.5. The first-order valence-corrected chi connectivity index (χ1v) is 22.6. The minimum Gasteiger partial charge on any atom is -0.487 e. The van der Waals surface area contributed by atoms with E-state index in [2.05, 4.69) is 25.7 Å². The van der Waals surface area contributed by atoms with Gasteiger partial charge in [-0.3, -0.25) is 24.2 Å². The van der Waals surface area contributed by atoms with Gasteiger partial charge in [0.2, 0.25) is 23.7 Å². The second kappa shape index (κ2) is 21.2. The zero-order valence-electron chi connectivity index (χ0n) is 36.5. The number of amides is 3. The lowest BCUT2D eigenvalue weighted by molar-refractivity contribution is -0.133. The average molecular weight is 865 g/mol. The molecular formula is C48H60N6O7S. The number of nitrogens with zero attached hydrogens (tertiary/aromatic N) is 1. The molecule has 6 N–H and O–H groups in total. The van der Waals surface area contributed by atoms with Crippen LogP contribution in [0.1, 0.15) is 85.4 Å². The molecule has 5 rings (SSSR count). The lowest BCUT2D eigenvalue weighted by Crippen LogP contribution is -2.56. The van der Waals surface area contributed by atoms with Gasteiger partial charge in [-0.25, -0.2) is 13.1 Å². The summed E-state index contributed by atoms with van der Waals surface area (Å²) >= 11 is 0. The van der Waals surface area contributed by atoms with Crippen molar-refractivity contribution in [1.82, 2.24) is 20.7 Å². The second-order valence-corrected chi connectivity index (χ2v) is 18.2. The standard InChI is InChI=1S/C48H60N6O7S/c1-31-32(2)44(33(3)38-25-26-48(5,6)61-43(31)38)62(59,60)54-47(49)50-27-17-16-24-39(42(56)30-37-22-14-9-15-23-37)52-46(58)41(29-36-20-12-8-13-21-36)53-45(57)40(51-34(4)55)28-35-18-10-7-11-19-35/h7-15,18-23,39-41H,16-17,24-30H2,1-6H3,(H,51,55)(H,52,58)(H,53,57)(H3,49,50,54)/t39-,40-,41-/m0/s1. The van der Waals surface area contributed by atoms with Crippen LogP contribution >= 0.6 is 0 Å². The number of ketones is 1. The second-order valence-electron chi connectivity index (χ2n) is 16.6. The van der Waals surface area contributed by atoms with Crippen LogP contribution < -0.4 is 31.1 Å². The molecule has 1 heterocycles. The van der Waals surface area contributed by atoms with Crippen molar-refractivity contribution in [3.63, 3.8) is 0 Å². The van der Waals surface area contributed by atoms with E-state index in [-0.39, 0.29) is 54.5 Å². The molecule has 3 atom stereocenters. The minimum atomic E-state index is -4.09. The topological polar surface area (TPSA) is 198 Å². The van der Waals surface area contributed by atoms with E-state index in [1.807, 2.05) is 112 Å². The number of carbonyl (C=O) groups is 4. The normalized spacial score (nSPS) is 14.9. The number of hydrogen-bond donors (Lipinski definition) is 5. The van der Waals surface area contributed by atoms with Gasteiger partial charge in [-0.1, -0.05) is 91.0 Å². The van der Waals surface area contributed by atoms with Crippen LogP contribution in [0.4, 0.5) is 0 Å². The van der Waals surface area contributed by atoms with Crippen molar-refractivity contribution in [3.8, 4) is 5.75 Å². The monoisotopic (exact) mass is 864 g/mol. The van der Waals surface area contributed by atoms with Crippen molar-refractivity contribution in [3.05, 3.63) is 130 Å². The molecular weight excluding hydrogens is 805 g/mol. The van der Waals surface area contributed by atoms with Gasteiger partial charge in [-0.15, -0.1) is 0 Å². The van der Waals surface area contributed by atoms with Crippen molar-refractivity contribution < 1.29 is 32.3 Å². The molecule has 0 unspecified atom stereocenters. The van der Waals surface area contributed by atoms with Gasteiger partial charge in [0.1, 0.15) is 23.4 Å². The van der Waals surface area contributed by atoms with Gasteiger partial charge >= 0.3 is 0 Å². The summed E-state index contributed by atoms with van der Waals surface area (Å²) in [5.74, 6) is -1.22. The minimum absolute atomic E-state index is 0.0704. The predicted molar refractivity (Wildman–Crippen MR) is 241 cm³/mol. The highest BCUT2D eigenvalue weighted by Gasteiger charge is 2.34. The largest absolute Gasteiger partial charge is 0.487 e. The number of guanidine groups is 1. The van der Waals surface area contributed by atoms with Gasteiger partial charge in [0.15, 0.2) is 5.78 Å². The zero-order valence-corrected chi connectivity index (χ0v) is 37.4. The van der Waals surface area contributed by atoms with Crippen LogP contribution in [0.25, 0.3) is 0 Å². The first-order valence-electron chi connectivity index (χ1n) is 21.1. The Morgan fingerprint density at radius 1 is 0.726 bits per heavy atom. The lowest BCUT2D eigenvalue weighted by Gasteiger charge is -2.35. The number of aliphatic imine (C=N–C) groups is 1. The fourth-order valence-corrected chi connectivity index (χ4v) is 9.30. The highest BCUT2D eigenvalue weighted by Crippen LogP contribution is 2.42. The smallest absolute Gasteiger partial charge is 0.264 e. The Balaban J connectivity index is 1.28. The molecule has 330 valence electrons. The number of sulfonamides is 1. The molecule has 0 saturated heterocycles. The summed E-state index contributed by atoms with van der Waals surface area (Å²) in [7, 11) is -4.09. The van der Waals surface area contributed by atoms with E-state index >= 15 is 0 Å². The molecule has 0 aromatic heterocycles. The molecule has 1 aliphatic rings. The predicted octanol–water partition coefficient (Wildman–Crippen LogP) is 5.25. The lowest BCUT2D eigenvalue weighted by atomic mass is 9.88. The maximum atomic E-state index is 14.2. The van der Waals surface area contributed by atoms with Crippen molar-refractivity contribution >= 4 is 39.5 Å². The summed E-state index contributed by atoms with van der Waals surface area (Å²) in [5, 5.41) is 8.50. The van der Waals surface area contributed by atoms with Gasteiger partial charge in [0.05, 0.1) is 10.9 Å². The molecule has 0 fully saturated rings. The molecule has 0 bridgehead atoms. The number of rotatable bonds is 19. The first-order chi connectivity index (χ1) is 29.4. The quantitative estimate of drug-likeness (QED) is 0.0479. The maximum Gasteiger partial charge on any atom is 0.264 e. The number of Topliss-reactive ketones (excluding diaryl/α,β-unsaturated/α-hetero) is 1. The van der Waals surface area contributed by atoms with E-state index in [0.29, 0.717) is 30.4 Å². The van der Waals surface area contributed by atoms with Crippen LogP contribution in [0.2, 0.25) is 0 Å². The van der Waals surface area contributed by atoms with E-state index in [1.165, 1.54) is 6.92 Å². The van der Waals surface area contributed by atoms with Gasteiger partial charge < -0.3 is 26.4 Å². The molecule has 0 saturated carbocycles. The van der Waals surface area contributed by atoms with Gasteiger partial charge in [0, 0.05) is 32.7 Å². The molecule has 13 nitrogen and oxygen atoms in total. The molecule has 3 amide bonds. The Labute approximate surface area is 365 Å². The Morgan fingerprint density at radius 2 is 1.24 bits per heavy atom. The van der Waals surface area contributed by atoms with E-state index in [9.17, 15) is 27.6 Å². The SMILES string of the molecule is CC(=O)N[C@@H](Cc1ccccc1)C(=O)N[C@@H](Cc1ccccc1)C(=O)N[C@@H](CCCCN=C(N)NS(=O)(=O)c1c(C)c(C)c2c(c1C)CCC(C)(C)O2)C(=O)Cc1ccccc1. The van der Waals surface area contributed by atoms with Gasteiger partial charge in [-0.2, -0.15) is 0 Å². The fraction of sp³-hybridized carbons (Fsp3) is 0.396. The third-order valence-corrected chi connectivity index (χ3v) is 12.8. The van der Waals surface area contributed by atoms with E-state index < -0.39 is 45.9 Å². The van der Waals surface area contributed by atoms with Crippen LogP contribution in [0.5, 0.6) is 5.75 Å². The number of nitrogens with one attached hydrogen (secondary N) is 4. The summed E-state index contributed by atoms with van der Waals surface area (Å²) in [6.07, 6.45) is 2.97. The molecule has 1 aliphatic heterocycles. The molecule has 14 heteroatoms. The van der Waals surface area contributed by atoms with E-state index in [4.69, 9.17) is 10.5 Å². The number of nitrogens with two attached hydrogens (primary N) is 1. The van der Waals surface area contributed by atoms with Crippen LogP contribution in [0.3, 0.4) is 0 Å². The van der Waals surface area contributed by atoms with Crippen LogP contribution in [-0.4, -0.2) is 68.2 Å². The fourth-order valence-electron chi connectivity index (χ4n) is 7.77. The van der Waals surface area contributed by atoms with Crippen molar-refractivity contribution in [2.24, 2.45) is 10.7 Å². The highest BCUT2D eigenvalue weighted by atomic mass is 32.2. The van der Waals surface area contributed by atoms with Crippen LogP contribution in [-0.2, 0) is 54.9 Å². The zero-order chi connectivity index (χ0) is 45.0. The Kier molecular flexibility index (Phi) is 16.1. The van der Waals surface area contributed by atoms with Crippen molar-refractivity contribution in [2.75, 3.05) is 6.54 Å². The Bertz CT molecular complexity index is 2350. The molecule has 0 aliphatic carbocycles. The van der Waals surface area contributed by atoms with Crippen LogP contribution in [0, 0.1) is 20.8 Å². The van der Waals surface area contributed by atoms with Gasteiger partial charge in [0.25, 0.3) is 10.0 Å². The summed E-state index contributed by atoms with van der Waals surface area (Å²) in [5.41, 5.74) is 11.0. The van der Waals surface area contributed by atoms with Crippen LogP contribution in [0.15, 0.2) is 101 Å². The van der Waals surface area contributed by atoms with E-state index in [1.54, 1.807) is 13.8 Å². The first kappa shape index (κ1) is 47.0. The molecule has 0 radical (unpaired) electrons. The molecule has 4 aromatic rings. The summed E-state index contributed by atoms with van der Waals surface area (Å²) in [6, 6.07) is 24.7. The third-order valence-electron chi connectivity index (χ3n) is 11.2. The maximum absolute atomic E-state index is 14.2. The molecule has 0 spiro atoms. The number of hydrogen-bond acceptors (Lipinski definition) is 8. The van der Waals surface area contributed by atoms with Crippen molar-refractivity contribution in [2.45, 2.75) is 122 Å². The Morgan fingerprint density at radius 3 is 1.79 bits per heavy atom. The van der Waals surface area contributed by atoms with Gasteiger partial charge in [-0.05, 0) is 106 Å². The highest BCUT2D eigenvalue weighted by molar-refractivity contribution is 7.90. The molecule has 4 aromatic carbocycles. The third kappa shape index (κ3) is 13.0. The number of unbranched alkanes of at least 4 members (excludes halogenated alkanes) is 1. The number of benzene rings is 4. The summed E-state index contributed by atoms with van der Waals surface area (Å²) < 4.78 is 36.2. The van der Waals surface area contributed by atoms with E-state index in [0.717, 1.165) is 40.0 Å². The Hall–Kier alpha value is -6.02. The average Bonchev–Trinajstić information content (AvgIpc) is 3.22. The molecule has 62 heavy (non-hydrogen) atoms. The summed E-state index contributed by atoms with van der Waals surface area (Å²) in [6.45, 7) is 10.9. The number of ether oxygens (including phenoxy) is 1. The van der Waals surface area contributed by atoms with Crippen molar-refractivity contribution in [1.29, 1.82) is 0 Å².